The molecule has 0 aromatic carbocycles. The van der Waals surface area contributed by atoms with Crippen LogP contribution in [0.15, 0.2) is 0 Å². The van der Waals surface area contributed by atoms with Crippen molar-refractivity contribution in [2.24, 2.45) is 11.8 Å². The van der Waals surface area contributed by atoms with E-state index in [9.17, 15) is 9.59 Å². The maximum atomic E-state index is 12.3. The lowest BCUT2D eigenvalue weighted by atomic mass is 9.84. The SMILES string of the molecule is CC(NC(=O)N1CCC(CCC(=O)O)C1)C1CCCCC1. The number of hydrogen-bond acceptors (Lipinski definition) is 2. The highest BCUT2D eigenvalue weighted by Crippen LogP contribution is 2.27. The van der Waals surface area contributed by atoms with Crippen LogP contribution in [0.25, 0.3) is 0 Å². The predicted octanol–water partition coefficient (Wildman–Crippen LogP) is 2.85. The van der Waals surface area contributed by atoms with Gasteiger partial charge in [-0.1, -0.05) is 19.3 Å². The molecule has 0 aromatic heterocycles. The first-order valence-corrected chi connectivity index (χ1v) is 8.33. The molecule has 0 bridgehead atoms. The van der Waals surface area contributed by atoms with Gasteiger partial charge >= 0.3 is 12.0 Å². The number of hydrogen-bond donors (Lipinski definition) is 2. The van der Waals surface area contributed by atoms with Crippen LogP contribution < -0.4 is 5.32 Å². The summed E-state index contributed by atoms with van der Waals surface area (Å²) in [6.45, 7) is 3.58. The lowest BCUT2D eigenvalue weighted by Crippen LogP contribution is -2.45. The molecule has 2 N–H and O–H groups in total. The third-order valence-electron chi connectivity index (χ3n) is 5.05. The molecular weight excluding hydrogens is 268 g/mol. The minimum atomic E-state index is -0.746. The number of nitrogens with one attached hydrogen (secondary N) is 1. The second kappa shape index (κ2) is 7.66. The first-order chi connectivity index (χ1) is 10.1. The number of carbonyl (C=O) groups excluding carboxylic acids is 1. The van der Waals surface area contributed by atoms with Gasteiger partial charge in [0.05, 0.1) is 0 Å². The van der Waals surface area contributed by atoms with Crippen LogP contribution in [0, 0.1) is 11.8 Å². The number of likely N-dealkylation sites (tertiary alicyclic amines) is 1. The van der Waals surface area contributed by atoms with Crippen LogP contribution in [0.2, 0.25) is 0 Å². The molecule has 2 atom stereocenters. The van der Waals surface area contributed by atoms with E-state index in [1.807, 2.05) is 4.90 Å². The van der Waals surface area contributed by atoms with E-state index < -0.39 is 5.97 Å². The largest absolute Gasteiger partial charge is 0.481 e. The zero-order valence-electron chi connectivity index (χ0n) is 13.0. The maximum absolute atomic E-state index is 12.3. The Morgan fingerprint density at radius 3 is 2.62 bits per heavy atom. The van der Waals surface area contributed by atoms with Gasteiger partial charge in [0, 0.05) is 25.6 Å². The molecule has 1 aliphatic heterocycles. The number of carboxylic acid groups (broad SMARTS) is 1. The zero-order valence-corrected chi connectivity index (χ0v) is 13.0. The molecule has 5 nitrogen and oxygen atoms in total. The zero-order chi connectivity index (χ0) is 15.2. The molecule has 21 heavy (non-hydrogen) atoms. The molecular formula is C16H28N2O3. The Labute approximate surface area is 127 Å². The van der Waals surface area contributed by atoms with Crippen LogP contribution in [0.1, 0.15) is 58.3 Å². The van der Waals surface area contributed by atoms with Gasteiger partial charge in [0.2, 0.25) is 0 Å². The van der Waals surface area contributed by atoms with Crippen molar-refractivity contribution in [3.8, 4) is 0 Å². The Morgan fingerprint density at radius 2 is 1.95 bits per heavy atom. The quantitative estimate of drug-likeness (QED) is 0.819. The summed E-state index contributed by atoms with van der Waals surface area (Å²) < 4.78 is 0. The lowest BCUT2D eigenvalue weighted by Gasteiger charge is -2.30. The molecule has 1 heterocycles. The molecule has 5 heteroatoms. The van der Waals surface area contributed by atoms with Gasteiger partial charge in [-0.3, -0.25) is 4.79 Å². The molecule has 1 saturated heterocycles. The van der Waals surface area contributed by atoms with Gasteiger partial charge < -0.3 is 15.3 Å². The van der Waals surface area contributed by atoms with E-state index in [4.69, 9.17) is 5.11 Å². The number of rotatable bonds is 5. The van der Waals surface area contributed by atoms with Gasteiger partial charge in [0.1, 0.15) is 0 Å². The second-order valence-corrected chi connectivity index (χ2v) is 6.67. The van der Waals surface area contributed by atoms with E-state index in [1.54, 1.807) is 0 Å². The Bertz CT molecular complexity index is 367. The van der Waals surface area contributed by atoms with Crippen molar-refractivity contribution in [2.45, 2.75) is 64.3 Å². The number of aliphatic carboxylic acids is 1. The van der Waals surface area contributed by atoms with Crippen LogP contribution in [-0.4, -0.2) is 41.1 Å². The second-order valence-electron chi connectivity index (χ2n) is 6.67. The van der Waals surface area contributed by atoms with Crippen LogP contribution in [0.3, 0.4) is 0 Å². The third-order valence-corrected chi connectivity index (χ3v) is 5.05. The van der Waals surface area contributed by atoms with Gasteiger partial charge in [-0.2, -0.15) is 0 Å². The number of nitrogens with zero attached hydrogens (tertiary/aromatic N) is 1. The van der Waals surface area contributed by atoms with Crippen LogP contribution in [0.4, 0.5) is 4.79 Å². The smallest absolute Gasteiger partial charge is 0.317 e. The fraction of sp³-hybridized carbons (Fsp3) is 0.875. The highest BCUT2D eigenvalue weighted by atomic mass is 16.4. The lowest BCUT2D eigenvalue weighted by molar-refractivity contribution is -0.137. The van der Waals surface area contributed by atoms with E-state index in [-0.39, 0.29) is 18.5 Å². The normalized spacial score (nSPS) is 24.8. The summed E-state index contributed by atoms with van der Waals surface area (Å²) in [7, 11) is 0. The summed E-state index contributed by atoms with van der Waals surface area (Å²) in [6.07, 6.45) is 8.16. The molecule has 2 rings (SSSR count). The highest BCUT2D eigenvalue weighted by molar-refractivity contribution is 5.74. The number of carbonyl (C=O) groups is 2. The highest BCUT2D eigenvalue weighted by Gasteiger charge is 2.28. The molecule has 2 unspecified atom stereocenters. The maximum Gasteiger partial charge on any atom is 0.317 e. The molecule has 1 saturated carbocycles. The van der Waals surface area contributed by atoms with E-state index in [1.165, 1.54) is 32.1 Å². The van der Waals surface area contributed by atoms with Crippen molar-refractivity contribution in [2.75, 3.05) is 13.1 Å². The standard InChI is InChI=1S/C16H28N2O3/c1-12(14-5-3-2-4-6-14)17-16(21)18-10-9-13(11-18)7-8-15(19)20/h12-14H,2-11H2,1H3,(H,17,21)(H,19,20). The average molecular weight is 296 g/mol. The van der Waals surface area contributed by atoms with Crippen LogP contribution in [0.5, 0.6) is 0 Å². The van der Waals surface area contributed by atoms with Crippen molar-refractivity contribution in [3.63, 3.8) is 0 Å². The van der Waals surface area contributed by atoms with Gasteiger partial charge in [-0.05, 0) is 44.4 Å². The van der Waals surface area contributed by atoms with Crippen molar-refractivity contribution in [1.82, 2.24) is 10.2 Å². The minimum Gasteiger partial charge on any atom is -0.481 e. The summed E-state index contributed by atoms with van der Waals surface area (Å²) in [6, 6.07) is 0.279. The summed E-state index contributed by atoms with van der Waals surface area (Å²) in [5.74, 6) is 0.216. The van der Waals surface area contributed by atoms with E-state index in [0.29, 0.717) is 24.8 Å². The molecule has 120 valence electrons. The molecule has 2 amide bonds. The Hall–Kier alpha value is -1.26. The van der Waals surface area contributed by atoms with Gasteiger partial charge in [-0.25, -0.2) is 4.79 Å². The average Bonchev–Trinajstić information content (AvgIpc) is 2.95. The van der Waals surface area contributed by atoms with Crippen molar-refractivity contribution < 1.29 is 14.7 Å². The van der Waals surface area contributed by atoms with Crippen molar-refractivity contribution in [1.29, 1.82) is 0 Å². The van der Waals surface area contributed by atoms with Crippen molar-refractivity contribution >= 4 is 12.0 Å². The molecule has 1 aliphatic carbocycles. The number of carboxylic acids is 1. The summed E-state index contributed by atoms with van der Waals surface area (Å²) >= 11 is 0. The fourth-order valence-electron chi connectivity index (χ4n) is 3.62. The van der Waals surface area contributed by atoms with Crippen LogP contribution in [-0.2, 0) is 4.79 Å². The van der Waals surface area contributed by atoms with Gasteiger partial charge in [-0.15, -0.1) is 0 Å². The van der Waals surface area contributed by atoms with E-state index >= 15 is 0 Å². The first kappa shape index (κ1) is 16.1. The predicted molar refractivity (Wildman–Crippen MR) is 81.1 cm³/mol. The first-order valence-electron chi connectivity index (χ1n) is 8.33. The van der Waals surface area contributed by atoms with E-state index in [0.717, 1.165) is 13.0 Å². The molecule has 0 aromatic rings. The Balaban J connectivity index is 1.72. The van der Waals surface area contributed by atoms with Crippen molar-refractivity contribution in [3.05, 3.63) is 0 Å². The number of amides is 2. The molecule has 0 radical (unpaired) electrons. The summed E-state index contributed by atoms with van der Waals surface area (Å²) in [5.41, 5.74) is 0. The molecule has 2 fully saturated rings. The molecule has 2 aliphatic rings. The van der Waals surface area contributed by atoms with Gasteiger partial charge in [0.15, 0.2) is 0 Å². The van der Waals surface area contributed by atoms with E-state index in [2.05, 4.69) is 12.2 Å². The number of urea groups is 1. The minimum absolute atomic E-state index is 0.0332. The fourth-order valence-corrected chi connectivity index (χ4v) is 3.62. The van der Waals surface area contributed by atoms with Gasteiger partial charge in [0.25, 0.3) is 0 Å². The Kier molecular flexibility index (Phi) is 5.88. The summed E-state index contributed by atoms with van der Waals surface area (Å²) in [5, 5.41) is 11.9. The monoisotopic (exact) mass is 296 g/mol. The summed E-state index contributed by atoms with van der Waals surface area (Å²) in [4.78, 5) is 24.7. The molecule has 0 spiro atoms. The third kappa shape index (κ3) is 4.90. The topological polar surface area (TPSA) is 69.6 Å². The Morgan fingerprint density at radius 1 is 1.24 bits per heavy atom. The van der Waals surface area contributed by atoms with Crippen LogP contribution >= 0.6 is 0 Å².